The number of aromatic amines is 1. The molecule has 3 N–H and O–H groups in total. The van der Waals surface area contributed by atoms with Crippen molar-refractivity contribution in [3.8, 4) is 5.88 Å². The molecule has 5 nitrogen and oxygen atoms in total. The van der Waals surface area contributed by atoms with Crippen LogP contribution in [0.15, 0.2) is 4.79 Å². The van der Waals surface area contributed by atoms with Gasteiger partial charge in [-0.1, -0.05) is 0 Å². The molecule has 1 aromatic heterocycles. The van der Waals surface area contributed by atoms with E-state index in [0.29, 0.717) is 5.82 Å². The van der Waals surface area contributed by atoms with Crippen LogP contribution in [0.1, 0.15) is 30.3 Å². The lowest BCUT2D eigenvalue weighted by atomic mass is 10.2. The Morgan fingerprint density at radius 3 is 2.93 bits per heavy atom. The van der Waals surface area contributed by atoms with Gasteiger partial charge in [0.25, 0.3) is 5.56 Å². The second-order valence-electron chi connectivity index (χ2n) is 3.55. The van der Waals surface area contributed by atoms with E-state index in [9.17, 15) is 9.90 Å². The molecule has 1 saturated heterocycles. The number of aromatic nitrogens is 2. The topological polar surface area (TPSA) is 78.0 Å². The molecule has 2 rings (SSSR count). The molecule has 1 unspecified atom stereocenters. The zero-order chi connectivity index (χ0) is 10.1. The Labute approximate surface area is 81.2 Å². The minimum absolute atomic E-state index is 0.0780. The molecule has 1 fully saturated rings. The predicted molar refractivity (Wildman–Crippen MR) is 51.2 cm³/mol. The van der Waals surface area contributed by atoms with Crippen molar-refractivity contribution in [1.82, 2.24) is 15.3 Å². The number of hydrogen-bond donors (Lipinski definition) is 3. The van der Waals surface area contributed by atoms with Gasteiger partial charge < -0.3 is 15.4 Å². The smallest absolute Gasteiger partial charge is 0.257 e. The van der Waals surface area contributed by atoms with Gasteiger partial charge in [0.05, 0.1) is 11.6 Å². The van der Waals surface area contributed by atoms with Gasteiger partial charge in [-0.05, 0) is 26.3 Å². The third-order valence-electron chi connectivity index (χ3n) is 2.53. The van der Waals surface area contributed by atoms with Crippen molar-refractivity contribution in [2.75, 3.05) is 6.54 Å². The normalized spacial score (nSPS) is 21.4. The van der Waals surface area contributed by atoms with Crippen molar-refractivity contribution in [2.45, 2.75) is 25.8 Å². The van der Waals surface area contributed by atoms with E-state index >= 15 is 0 Å². The lowest BCUT2D eigenvalue weighted by Crippen LogP contribution is -2.21. The van der Waals surface area contributed by atoms with Crippen LogP contribution >= 0.6 is 0 Å². The molecule has 76 valence electrons. The summed E-state index contributed by atoms with van der Waals surface area (Å²) in [4.78, 5) is 18.0. The second kappa shape index (κ2) is 3.42. The third kappa shape index (κ3) is 1.50. The lowest BCUT2D eigenvalue weighted by Gasteiger charge is -2.09. The molecule has 0 aliphatic carbocycles. The number of hydrogen-bond acceptors (Lipinski definition) is 4. The van der Waals surface area contributed by atoms with Crippen molar-refractivity contribution in [3.05, 3.63) is 21.7 Å². The van der Waals surface area contributed by atoms with E-state index in [2.05, 4.69) is 15.3 Å². The van der Waals surface area contributed by atoms with Crippen LogP contribution in [-0.2, 0) is 0 Å². The van der Waals surface area contributed by atoms with Gasteiger partial charge in [0.15, 0.2) is 0 Å². The maximum absolute atomic E-state index is 11.3. The molecular formula is C9H13N3O2. The van der Waals surface area contributed by atoms with Crippen LogP contribution in [0.4, 0.5) is 0 Å². The number of H-pyrrole nitrogens is 1. The van der Waals surface area contributed by atoms with Gasteiger partial charge in [0, 0.05) is 0 Å². The maximum atomic E-state index is 11.3. The monoisotopic (exact) mass is 195 g/mol. The summed E-state index contributed by atoms with van der Waals surface area (Å²) in [5, 5.41) is 12.6. The van der Waals surface area contributed by atoms with Gasteiger partial charge >= 0.3 is 0 Å². The Bertz CT molecular complexity index is 394. The first kappa shape index (κ1) is 9.21. The Hall–Kier alpha value is -1.36. The molecule has 1 aliphatic rings. The molecule has 2 heterocycles. The van der Waals surface area contributed by atoms with E-state index in [1.54, 1.807) is 6.92 Å². The zero-order valence-electron chi connectivity index (χ0n) is 8.00. The van der Waals surface area contributed by atoms with E-state index in [0.717, 1.165) is 19.4 Å². The standard InChI is InChI=1S/C9H13N3O2/c1-5-8(13)11-7(12-9(5)14)6-3-2-4-10-6/h6,10H,2-4H2,1H3,(H2,11,12,13,14). The van der Waals surface area contributed by atoms with Crippen molar-refractivity contribution >= 4 is 0 Å². The van der Waals surface area contributed by atoms with Gasteiger partial charge in [-0.15, -0.1) is 0 Å². The average Bonchev–Trinajstić information content (AvgIpc) is 2.66. The highest BCUT2D eigenvalue weighted by Crippen LogP contribution is 2.20. The molecule has 0 radical (unpaired) electrons. The summed E-state index contributed by atoms with van der Waals surface area (Å²) in [6, 6.07) is 0.0780. The van der Waals surface area contributed by atoms with E-state index in [4.69, 9.17) is 0 Å². The van der Waals surface area contributed by atoms with Crippen LogP contribution in [0, 0.1) is 6.92 Å². The fraction of sp³-hybridized carbons (Fsp3) is 0.556. The highest BCUT2D eigenvalue weighted by atomic mass is 16.3. The molecule has 0 bridgehead atoms. The third-order valence-corrected chi connectivity index (χ3v) is 2.53. The van der Waals surface area contributed by atoms with E-state index < -0.39 is 0 Å². The van der Waals surface area contributed by atoms with Gasteiger partial charge in [-0.25, -0.2) is 0 Å². The molecule has 0 aromatic carbocycles. The first-order valence-corrected chi connectivity index (χ1v) is 4.71. The number of rotatable bonds is 1. The minimum atomic E-state index is -0.263. The van der Waals surface area contributed by atoms with Gasteiger partial charge in [0.1, 0.15) is 5.82 Å². The predicted octanol–water partition coefficient (Wildman–Crippen LogP) is 0.208. The SMILES string of the molecule is Cc1c(O)nc(C2CCCN2)[nH]c1=O. The molecule has 1 atom stereocenters. The first-order valence-electron chi connectivity index (χ1n) is 4.71. The van der Waals surface area contributed by atoms with Crippen molar-refractivity contribution in [1.29, 1.82) is 0 Å². The van der Waals surface area contributed by atoms with E-state index in [1.165, 1.54) is 0 Å². The average molecular weight is 195 g/mol. The van der Waals surface area contributed by atoms with Gasteiger partial charge in [-0.2, -0.15) is 4.98 Å². The van der Waals surface area contributed by atoms with Crippen LogP contribution in [-0.4, -0.2) is 21.6 Å². The number of nitrogens with one attached hydrogen (secondary N) is 2. The summed E-state index contributed by atoms with van der Waals surface area (Å²) < 4.78 is 0. The first-order chi connectivity index (χ1) is 6.68. The molecule has 14 heavy (non-hydrogen) atoms. The number of nitrogens with zero attached hydrogens (tertiary/aromatic N) is 1. The van der Waals surface area contributed by atoms with Crippen molar-refractivity contribution < 1.29 is 5.11 Å². The summed E-state index contributed by atoms with van der Waals surface area (Å²) in [6.45, 7) is 2.48. The van der Waals surface area contributed by atoms with Crippen LogP contribution in [0.5, 0.6) is 5.88 Å². The molecule has 1 aliphatic heterocycles. The quantitative estimate of drug-likeness (QED) is 0.598. The largest absolute Gasteiger partial charge is 0.493 e. The Kier molecular flexibility index (Phi) is 2.25. The molecule has 0 amide bonds. The van der Waals surface area contributed by atoms with Gasteiger partial charge in [-0.3, -0.25) is 4.79 Å². The lowest BCUT2D eigenvalue weighted by molar-refractivity contribution is 0.436. The van der Waals surface area contributed by atoms with Crippen LogP contribution in [0.3, 0.4) is 0 Å². The Balaban J connectivity index is 2.39. The van der Waals surface area contributed by atoms with Crippen LogP contribution in [0.2, 0.25) is 0 Å². The summed E-state index contributed by atoms with van der Waals surface area (Å²) in [6.07, 6.45) is 2.02. The highest BCUT2D eigenvalue weighted by molar-refractivity contribution is 5.21. The van der Waals surface area contributed by atoms with Crippen molar-refractivity contribution in [3.63, 3.8) is 0 Å². The second-order valence-corrected chi connectivity index (χ2v) is 3.55. The fourth-order valence-electron chi connectivity index (χ4n) is 1.62. The molecule has 5 heteroatoms. The van der Waals surface area contributed by atoms with Crippen molar-refractivity contribution in [2.24, 2.45) is 0 Å². The summed E-state index contributed by atoms with van der Waals surface area (Å²) in [7, 11) is 0. The zero-order valence-corrected chi connectivity index (χ0v) is 8.00. The Morgan fingerprint density at radius 2 is 2.36 bits per heavy atom. The maximum Gasteiger partial charge on any atom is 0.257 e. The summed E-state index contributed by atoms with van der Waals surface area (Å²) in [5.74, 6) is 0.369. The van der Waals surface area contributed by atoms with Gasteiger partial charge in [0.2, 0.25) is 5.88 Å². The molecule has 1 aromatic rings. The molecule has 0 spiro atoms. The highest BCUT2D eigenvalue weighted by Gasteiger charge is 2.19. The van der Waals surface area contributed by atoms with E-state index in [1.807, 2.05) is 0 Å². The summed E-state index contributed by atoms with van der Waals surface area (Å²) in [5.41, 5.74) is 0.00736. The molecular weight excluding hydrogens is 182 g/mol. The minimum Gasteiger partial charge on any atom is -0.493 e. The summed E-state index contributed by atoms with van der Waals surface area (Å²) >= 11 is 0. The fourth-order valence-corrected chi connectivity index (χ4v) is 1.62. The van der Waals surface area contributed by atoms with E-state index in [-0.39, 0.29) is 23.0 Å². The van der Waals surface area contributed by atoms with Crippen LogP contribution in [0.25, 0.3) is 0 Å². The number of aromatic hydroxyl groups is 1. The Morgan fingerprint density at radius 1 is 1.57 bits per heavy atom. The molecule has 0 saturated carbocycles. The van der Waals surface area contributed by atoms with Crippen LogP contribution < -0.4 is 10.9 Å².